The van der Waals surface area contributed by atoms with Gasteiger partial charge in [0.2, 0.25) is 0 Å². The number of rotatable bonds is 3. The minimum atomic E-state index is 0.102. The van der Waals surface area contributed by atoms with E-state index in [1.165, 1.54) is 0 Å². The molecule has 98 valence electrons. The summed E-state index contributed by atoms with van der Waals surface area (Å²) in [5, 5.41) is 0. The summed E-state index contributed by atoms with van der Waals surface area (Å²) in [4.78, 5) is 16.6. The van der Waals surface area contributed by atoms with Crippen LogP contribution < -0.4 is 4.74 Å². The van der Waals surface area contributed by atoms with Crippen LogP contribution in [0.25, 0.3) is 0 Å². The zero-order valence-corrected chi connectivity index (χ0v) is 11.1. The lowest BCUT2D eigenvalue weighted by Gasteiger charge is -2.34. The molecule has 0 N–H and O–H groups in total. The van der Waals surface area contributed by atoms with Crippen molar-refractivity contribution in [3.63, 3.8) is 0 Å². The highest BCUT2D eigenvalue weighted by molar-refractivity contribution is 5.94. The van der Waals surface area contributed by atoms with Crippen LogP contribution >= 0.6 is 0 Å². The largest absolute Gasteiger partial charge is 0.497 e. The third-order valence-corrected chi connectivity index (χ3v) is 3.42. The van der Waals surface area contributed by atoms with Crippen molar-refractivity contribution >= 4 is 5.91 Å². The summed E-state index contributed by atoms with van der Waals surface area (Å²) in [6.07, 6.45) is 0. The van der Waals surface area contributed by atoms with E-state index in [1.54, 1.807) is 13.2 Å². The quantitative estimate of drug-likeness (QED) is 0.812. The van der Waals surface area contributed by atoms with Crippen molar-refractivity contribution in [3.8, 4) is 5.75 Å². The number of amides is 1. The number of likely N-dealkylation sites (N-methyl/N-ethyl adjacent to an activating group) is 1. The molecule has 0 atom stereocenters. The lowest BCUT2D eigenvalue weighted by atomic mass is 10.1. The first kappa shape index (κ1) is 12.9. The molecule has 0 aromatic heterocycles. The van der Waals surface area contributed by atoms with Gasteiger partial charge in [0, 0.05) is 31.7 Å². The monoisotopic (exact) mass is 248 g/mol. The molecule has 1 heterocycles. The van der Waals surface area contributed by atoms with Gasteiger partial charge >= 0.3 is 0 Å². The molecule has 1 aliphatic rings. The van der Waals surface area contributed by atoms with E-state index in [-0.39, 0.29) is 5.91 Å². The van der Waals surface area contributed by atoms with Crippen molar-refractivity contribution in [2.75, 3.05) is 39.8 Å². The molecule has 0 radical (unpaired) electrons. The standard InChI is InChI=1S/C14H20N2O2/c1-3-15-7-9-16(10-8-15)14(17)12-5-4-6-13(11-12)18-2/h4-6,11H,3,7-10H2,1-2H3. The molecule has 4 nitrogen and oxygen atoms in total. The molecule has 1 fully saturated rings. The maximum absolute atomic E-state index is 12.3. The van der Waals surface area contributed by atoms with Gasteiger partial charge in [-0.05, 0) is 24.7 Å². The molecule has 1 aliphatic heterocycles. The van der Waals surface area contributed by atoms with Crippen molar-refractivity contribution in [1.82, 2.24) is 9.80 Å². The number of ether oxygens (including phenoxy) is 1. The zero-order chi connectivity index (χ0) is 13.0. The number of carbonyl (C=O) groups excluding carboxylic acids is 1. The summed E-state index contributed by atoms with van der Waals surface area (Å²) < 4.78 is 5.15. The number of piperazine rings is 1. The van der Waals surface area contributed by atoms with Crippen LogP contribution in [0.2, 0.25) is 0 Å². The second-order valence-corrected chi connectivity index (χ2v) is 4.46. The molecule has 1 saturated heterocycles. The second-order valence-electron chi connectivity index (χ2n) is 4.46. The number of methoxy groups -OCH3 is 1. The normalized spacial score (nSPS) is 16.7. The molecule has 0 aliphatic carbocycles. The second kappa shape index (κ2) is 5.87. The highest BCUT2D eigenvalue weighted by Gasteiger charge is 2.21. The van der Waals surface area contributed by atoms with Gasteiger partial charge in [0.15, 0.2) is 0 Å². The number of carbonyl (C=O) groups is 1. The smallest absolute Gasteiger partial charge is 0.254 e. The van der Waals surface area contributed by atoms with Gasteiger partial charge in [0.25, 0.3) is 5.91 Å². The van der Waals surface area contributed by atoms with Crippen LogP contribution in [-0.2, 0) is 0 Å². The summed E-state index contributed by atoms with van der Waals surface area (Å²) in [6, 6.07) is 7.35. The Hall–Kier alpha value is -1.55. The molecule has 0 spiro atoms. The SMILES string of the molecule is CCN1CCN(C(=O)c2cccc(OC)c2)CC1. The van der Waals surface area contributed by atoms with Crippen molar-refractivity contribution < 1.29 is 9.53 Å². The van der Waals surface area contributed by atoms with Gasteiger partial charge in [-0.1, -0.05) is 13.0 Å². The Morgan fingerprint density at radius 1 is 1.28 bits per heavy atom. The molecular weight excluding hydrogens is 228 g/mol. The topological polar surface area (TPSA) is 32.8 Å². The van der Waals surface area contributed by atoms with Crippen LogP contribution in [0.5, 0.6) is 5.75 Å². The van der Waals surface area contributed by atoms with Gasteiger partial charge in [0.1, 0.15) is 5.75 Å². The lowest BCUT2D eigenvalue weighted by molar-refractivity contribution is 0.0643. The Bertz CT molecular complexity index is 412. The molecule has 0 bridgehead atoms. The van der Waals surface area contributed by atoms with E-state index in [9.17, 15) is 4.79 Å². The van der Waals surface area contributed by atoms with Crippen LogP contribution in [0.15, 0.2) is 24.3 Å². The molecular formula is C14H20N2O2. The number of benzene rings is 1. The summed E-state index contributed by atoms with van der Waals surface area (Å²) >= 11 is 0. The van der Waals surface area contributed by atoms with Gasteiger partial charge in [-0.15, -0.1) is 0 Å². The van der Waals surface area contributed by atoms with E-state index in [2.05, 4.69) is 11.8 Å². The minimum Gasteiger partial charge on any atom is -0.497 e. The predicted molar refractivity (Wildman–Crippen MR) is 71.0 cm³/mol. The van der Waals surface area contributed by atoms with Gasteiger partial charge in [-0.2, -0.15) is 0 Å². The van der Waals surface area contributed by atoms with E-state index in [0.29, 0.717) is 5.56 Å². The molecule has 18 heavy (non-hydrogen) atoms. The number of nitrogens with zero attached hydrogens (tertiary/aromatic N) is 2. The highest BCUT2D eigenvalue weighted by atomic mass is 16.5. The van der Waals surface area contributed by atoms with Gasteiger partial charge in [-0.25, -0.2) is 0 Å². The Labute approximate surface area is 108 Å². The van der Waals surface area contributed by atoms with Gasteiger partial charge in [0.05, 0.1) is 7.11 Å². The first-order valence-corrected chi connectivity index (χ1v) is 6.40. The van der Waals surface area contributed by atoms with Crippen molar-refractivity contribution in [2.45, 2.75) is 6.92 Å². The Balaban J connectivity index is 2.03. The Morgan fingerprint density at radius 2 is 2.00 bits per heavy atom. The highest BCUT2D eigenvalue weighted by Crippen LogP contribution is 2.15. The van der Waals surface area contributed by atoms with Crippen LogP contribution in [0, 0.1) is 0 Å². The summed E-state index contributed by atoms with van der Waals surface area (Å²) in [6.45, 7) is 6.76. The summed E-state index contributed by atoms with van der Waals surface area (Å²) in [7, 11) is 1.61. The molecule has 0 saturated carbocycles. The van der Waals surface area contributed by atoms with E-state index in [4.69, 9.17) is 4.74 Å². The third kappa shape index (κ3) is 2.82. The summed E-state index contributed by atoms with van der Waals surface area (Å²) in [5.41, 5.74) is 0.708. The fourth-order valence-corrected chi connectivity index (χ4v) is 2.21. The van der Waals surface area contributed by atoms with Gasteiger partial charge in [-0.3, -0.25) is 4.79 Å². The summed E-state index contributed by atoms with van der Waals surface area (Å²) in [5.74, 6) is 0.831. The molecule has 2 rings (SSSR count). The van der Waals surface area contributed by atoms with Crippen molar-refractivity contribution in [2.24, 2.45) is 0 Å². The van der Waals surface area contributed by atoms with Crippen LogP contribution in [0.4, 0.5) is 0 Å². The molecule has 1 aromatic rings. The average molecular weight is 248 g/mol. The van der Waals surface area contributed by atoms with Crippen LogP contribution in [-0.4, -0.2) is 55.5 Å². The molecule has 1 amide bonds. The average Bonchev–Trinajstić information content (AvgIpc) is 2.46. The minimum absolute atomic E-state index is 0.102. The third-order valence-electron chi connectivity index (χ3n) is 3.42. The number of hydrogen-bond donors (Lipinski definition) is 0. The van der Waals surface area contributed by atoms with E-state index in [0.717, 1.165) is 38.5 Å². The number of hydrogen-bond acceptors (Lipinski definition) is 3. The Morgan fingerprint density at radius 3 is 2.61 bits per heavy atom. The fourth-order valence-electron chi connectivity index (χ4n) is 2.21. The first-order valence-electron chi connectivity index (χ1n) is 6.40. The Kier molecular flexibility index (Phi) is 4.20. The zero-order valence-electron chi connectivity index (χ0n) is 11.1. The van der Waals surface area contributed by atoms with E-state index >= 15 is 0 Å². The molecule has 4 heteroatoms. The van der Waals surface area contributed by atoms with Crippen LogP contribution in [0.1, 0.15) is 17.3 Å². The van der Waals surface area contributed by atoms with Crippen LogP contribution in [0.3, 0.4) is 0 Å². The van der Waals surface area contributed by atoms with Crippen molar-refractivity contribution in [1.29, 1.82) is 0 Å². The van der Waals surface area contributed by atoms with E-state index in [1.807, 2.05) is 23.1 Å². The fraction of sp³-hybridized carbons (Fsp3) is 0.500. The van der Waals surface area contributed by atoms with E-state index < -0.39 is 0 Å². The first-order chi connectivity index (χ1) is 8.74. The lowest BCUT2D eigenvalue weighted by Crippen LogP contribution is -2.48. The maximum Gasteiger partial charge on any atom is 0.254 e. The maximum atomic E-state index is 12.3. The molecule has 1 aromatic carbocycles. The molecule has 0 unspecified atom stereocenters. The predicted octanol–water partition coefficient (Wildman–Crippen LogP) is 1.47. The van der Waals surface area contributed by atoms with Crippen molar-refractivity contribution in [3.05, 3.63) is 29.8 Å². The van der Waals surface area contributed by atoms with Gasteiger partial charge < -0.3 is 14.5 Å².